The van der Waals surface area contributed by atoms with E-state index in [1.807, 2.05) is 24.3 Å². The Hall–Kier alpha value is -2.56. The summed E-state index contributed by atoms with van der Waals surface area (Å²) in [6.07, 6.45) is -4.12. The van der Waals surface area contributed by atoms with Gasteiger partial charge in [0.05, 0.1) is 11.2 Å². The molecule has 5 heteroatoms. The van der Waals surface area contributed by atoms with Gasteiger partial charge >= 0.3 is 6.18 Å². The van der Waals surface area contributed by atoms with Crippen molar-refractivity contribution in [1.82, 2.24) is 4.98 Å². The Kier molecular flexibility index (Phi) is 3.05. The molecule has 3 rings (SSSR count). The summed E-state index contributed by atoms with van der Waals surface area (Å²) in [4.78, 5) is 4.22. The number of hydrogen-bond acceptors (Lipinski definition) is 2. The van der Waals surface area contributed by atoms with Crippen molar-refractivity contribution < 1.29 is 18.3 Å². The highest BCUT2D eigenvalue weighted by molar-refractivity contribution is 6.08. The molecule has 0 aliphatic rings. The highest BCUT2D eigenvalue weighted by atomic mass is 19.4. The maximum Gasteiger partial charge on any atom is 0.448 e. The molecule has 0 radical (unpaired) electrons. The highest BCUT2D eigenvalue weighted by Gasteiger charge is 2.34. The first-order valence-corrected chi connectivity index (χ1v) is 6.22. The average Bonchev–Trinajstić information content (AvgIpc) is 2.46. The molecule has 0 spiro atoms. The number of rotatable bonds is 1. The zero-order valence-electron chi connectivity index (χ0n) is 10.7. The Morgan fingerprint density at radius 3 is 2.14 bits per heavy atom. The average molecular weight is 289 g/mol. The van der Waals surface area contributed by atoms with Crippen molar-refractivity contribution in [2.24, 2.45) is 0 Å². The first-order chi connectivity index (χ1) is 9.97. The van der Waals surface area contributed by atoms with Crippen LogP contribution in [-0.2, 0) is 0 Å². The zero-order valence-corrected chi connectivity index (χ0v) is 10.7. The fourth-order valence-corrected chi connectivity index (χ4v) is 2.25. The van der Waals surface area contributed by atoms with Crippen molar-refractivity contribution in [3.05, 3.63) is 60.0 Å². The lowest BCUT2D eigenvalue weighted by molar-refractivity contribution is -0.119. The lowest BCUT2D eigenvalue weighted by atomic mass is 10.0. The van der Waals surface area contributed by atoms with Gasteiger partial charge in [0, 0.05) is 16.8 Å². The van der Waals surface area contributed by atoms with Crippen LogP contribution in [0.5, 0.6) is 0 Å². The third kappa shape index (κ3) is 2.42. The fourth-order valence-electron chi connectivity index (χ4n) is 2.25. The third-order valence-corrected chi connectivity index (χ3v) is 3.20. The van der Waals surface area contributed by atoms with E-state index in [1.165, 1.54) is 0 Å². The van der Waals surface area contributed by atoms with Gasteiger partial charge in [-0.25, -0.2) is 4.98 Å². The number of aromatic nitrogens is 1. The largest absolute Gasteiger partial charge is 0.504 e. The van der Waals surface area contributed by atoms with Crippen LogP contribution in [0.15, 0.2) is 54.3 Å². The molecule has 1 aromatic heterocycles. The summed E-state index contributed by atoms with van der Waals surface area (Å²) < 4.78 is 37.5. The number of para-hydroxylation sites is 1. The quantitative estimate of drug-likeness (QED) is 0.513. The smallest absolute Gasteiger partial charge is 0.448 e. The van der Waals surface area contributed by atoms with Crippen LogP contribution in [0.1, 0.15) is 5.69 Å². The number of alkyl halides is 3. The molecular formula is C16H10F3NO. The summed E-state index contributed by atoms with van der Waals surface area (Å²) in [6.45, 7) is 0. The molecule has 0 saturated carbocycles. The molecule has 1 N–H and O–H groups in total. The Balaban J connectivity index is 2.36. The van der Waals surface area contributed by atoms with E-state index in [0.29, 0.717) is 17.0 Å². The van der Waals surface area contributed by atoms with Crippen molar-refractivity contribution in [3.8, 4) is 0 Å². The van der Waals surface area contributed by atoms with Gasteiger partial charge in [0.25, 0.3) is 0 Å². The van der Waals surface area contributed by atoms with Crippen LogP contribution in [0.4, 0.5) is 13.2 Å². The minimum absolute atomic E-state index is 0.0964. The molecule has 106 valence electrons. The van der Waals surface area contributed by atoms with E-state index in [2.05, 4.69) is 4.98 Å². The normalized spacial score (nSPS) is 13.0. The number of benzene rings is 2. The highest BCUT2D eigenvalue weighted by Crippen LogP contribution is 2.30. The monoisotopic (exact) mass is 289 g/mol. The zero-order chi connectivity index (χ0) is 15.0. The molecule has 1 heterocycles. The predicted octanol–water partition coefficient (Wildman–Crippen LogP) is 4.85. The van der Waals surface area contributed by atoms with Crippen LogP contribution in [0.3, 0.4) is 0 Å². The van der Waals surface area contributed by atoms with E-state index in [4.69, 9.17) is 5.11 Å². The molecule has 0 aliphatic heterocycles. The van der Waals surface area contributed by atoms with Crippen molar-refractivity contribution in [3.63, 3.8) is 0 Å². The van der Waals surface area contributed by atoms with Gasteiger partial charge in [-0.1, -0.05) is 42.5 Å². The molecule has 0 bridgehead atoms. The van der Waals surface area contributed by atoms with Crippen LogP contribution in [-0.4, -0.2) is 16.3 Å². The second-order valence-electron chi connectivity index (χ2n) is 4.59. The first-order valence-electron chi connectivity index (χ1n) is 6.22. The fraction of sp³-hybridized carbons (Fsp3) is 0.0625. The minimum Gasteiger partial charge on any atom is -0.504 e. The topological polar surface area (TPSA) is 33.1 Å². The Morgan fingerprint density at radius 2 is 1.48 bits per heavy atom. The van der Waals surface area contributed by atoms with Gasteiger partial charge in [-0.2, -0.15) is 13.2 Å². The molecule has 0 unspecified atom stereocenters. The van der Waals surface area contributed by atoms with Crippen LogP contribution < -0.4 is 0 Å². The number of hydrogen-bond donors (Lipinski definition) is 1. The van der Waals surface area contributed by atoms with E-state index >= 15 is 0 Å². The van der Waals surface area contributed by atoms with Crippen LogP contribution >= 0.6 is 0 Å². The Bertz CT molecular complexity index is 853. The van der Waals surface area contributed by atoms with Gasteiger partial charge in [-0.15, -0.1) is 0 Å². The molecule has 0 atom stereocenters. The second kappa shape index (κ2) is 4.77. The summed E-state index contributed by atoms with van der Waals surface area (Å²) in [7, 11) is 0. The summed E-state index contributed by atoms with van der Waals surface area (Å²) in [5, 5.41) is 11.4. The molecular weight excluding hydrogens is 279 g/mol. The van der Waals surface area contributed by atoms with Crippen molar-refractivity contribution in [1.29, 1.82) is 0 Å². The molecule has 0 fully saturated rings. The lowest BCUT2D eigenvalue weighted by Gasteiger charge is -2.09. The molecule has 21 heavy (non-hydrogen) atoms. The number of allylic oxidation sites excluding steroid dienone is 1. The number of pyridine rings is 1. The van der Waals surface area contributed by atoms with E-state index in [-0.39, 0.29) is 5.69 Å². The minimum atomic E-state index is -4.78. The molecule has 3 aromatic rings. The SMILES string of the molecule is O/C(=C\c1nc2ccccc2c2ccccc12)C(F)(F)F. The molecule has 0 amide bonds. The van der Waals surface area contributed by atoms with Gasteiger partial charge < -0.3 is 5.11 Å². The second-order valence-corrected chi connectivity index (χ2v) is 4.59. The maximum atomic E-state index is 12.5. The standard InChI is InChI=1S/C16H10F3NO/c17-16(18,19)15(21)9-14-12-7-2-1-5-10(12)11-6-3-4-8-13(11)20-14/h1-9,21H/b15-9-. The van der Waals surface area contributed by atoms with E-state index in [9.17, 15) is 13.2 Å². The van der Waals surface area contributed by atoms with Gasteiger partial charge in [0.2, 0.25) is 0 Å². The third-order valence-electron chi connectivity index (χ3n) is 3.20. The first kappa shape index (κ1) is 13.4. The lowest BCUT2D eigenvalue weighted by Crippen LogP contribution is -2.11. The Labute approximate surface area is 118 Å². The van der Waals surface area contributed by atoms with Crippen molar-refractivity contribution >= 4 is 27.8 Å². The predicted molar refractivity (Wildman–Crippen MR) is 75.9 cm³/mol. The van der Waals surface area contributed by atoms with E-state index < -0.39 is 11.9 Å². The molecule has 0 aliphatic carbocycles. The maximum absolute atomic E-state index is 12.5. The van der Waals surface area contributed by atoms with Crippen LogP contribution in [0.2, 0.25) is 0 Å². The van der Waals surface area contributed by atoms with Crippen LogP contribution in [0, 0.1) is 0 Å². The molecule has 2 nitrogen and oxygen atoms in total. The number of halogens is 3. The summed E-state index contributed by atoms with van der Waals surface area (Å²) in [5.41, 5.74) is 0.677. The van der Waals surface area contributed by atoms with Crippen LogP contribution in [0.25, 0.3) is 27.8 Å². The number of fused-ring (bicyclic) bond motifs is 3. The molecule has 0 saturated heterocycles. The number of nitrogens with zero attached hydrogens (tertiary/aromatic N) is 1. The number of aliphatic hydroxyl groups excluding tert-OH is 1. The van der Waals surface area contributed by atoms with Gasteiger partial charge in [0.1, 0.15) is 0 Å². The Morgan fingerprint density at radius 1 is 0.905 bits per heavy atom. The van der Waals surface area contributed by atoms with Crippen molar-refractivity contribution in [2.45, 2.75) is 6.18 Å². The summed E-state index contributed by atoms with van der Waals surface area (Å²) in [6, 6.07) is 14.2. The van der Waals surface area contributed by atoms with Crippen molar-refractivity contribution in [2.75, 3.05) is 0 Å². The summed E-state index contributed by atoms with van der Waals surface area (Å²) in [5.74, 6) is -1.66. The van der Waals surface area contributed by atoms with E-state index in [1.54, 1.807) is 24.3 Å². The van der Waals surface area contributed by atoms with E-state index in [0.717, 1.165) is 10.8 Å². The molecule has 2 aromatic carbocycles. The summed E-state index contributed by atoms with van der Waals surface area (Å²) >= 11 is 0. The van der Waals surface area contributed by atoms with Gasteiger partial charge in [-0.05, 0) is 11.5 Å². The van der Waals surface area contributed by atoms with Gasteiger partial charge in [0.15, 0.2) is 5.76 Å². The number of aliphatic hydroxyl groups is 1. The van der Waals surface area contributed by atoms with Gasteiger partial charge in [-0.3, -0.25) is 0 Å².